The van der Waals surface area contributed by atoms with Crippen LogP contribution in [0.2, 0.25) is 0 Å². The molecule has 1 aliphatic carbocycles. The van der Waals surface area contributed by atoms with Crippen LogP contribution in [0.15, 0.2) is 22.1 Å². The molecule has 94 valence electrons. The molecule has 0 spiro atoms. The van der Waals surface area contributed by atoms with Gasteiger partial charge >= 0.3 is 0 Å². The number of hydrogen-bond acceptors (Lipinski definition) is 2. The molecule has 0 aliphatic heterocycles. The number of rotatable bonds is 3. The van der Waals surface area contributed by atoms with Gasteiger partial charge in [-0.2, -0.15) is 0 Å². The maximum Gasteiger partial charge on any atom is 0.105 e. The second-order valence-electron chi connectivity index (χ2n) is 5.28. The predicted octanol–water partition coefficient (Wildman–Crippen LogP) is 4.05. The Balaban J connectivity index is 1.97. The van der Waals surface area contributed by atoms with E-state index in [1.165, 1.54) is 24.0 Å². The molecule has 2 atom stereocenters. The van der Waals surface area contributed by atoms with Crippen LogP contribution >= 0.6 is 0 Å². The standard InChI is InChI=1S/C15H23NO/c1-10-5-7-14(8-6-10)16-12(3)15-9-11(2)17-13(15)4/h5,9,12,14,16H,6-8H2,1-4H3/t12-,14+/m1/s1. The lowest BCUT2D eigenvalue weighted by Crippen LogP contribution is -2.32. The lowest BCUT2D eigenvalue weighted by molar-refractivity contribution is 0.414. The molecule has 2 heteroatoms. The Morgan fingerprint density at radius 2 is 2.12 bits per heavy atom. The van der Waals surface area contributed by atoms with Crippen molar-refractivity contribution >= 4 is 0 Å². The Kier molecular flexibility index (Phi) is 3.72. The van der Waals surface area contributed by atoms with Crippen molar-refractivity contribution in [3.63, 3.8) is 0 Å². The fourth-order valence-electron chi connectivity index (χ4n) is 2.64. The van der Waals surface area contributed by atoms with Crippen LogP contribution in [-0.2, 0) is 0 Å². The predicted molar refractivity (Wildman–Crippen MR) is 71.1 cm³/mol. The molecule has 0 amide bonds. The van der Waals surface area contributed by atoms with Gasteiger partial charge in [0.2, 0.25) is 0 Å². The number of nitrogens with one attached hydrogen (secondary N) is 1. The van der Waals surface area contributed by atoms with Crippen molar-refractivity contribution in [2.24, 2.45) is 0 Å². The van der Waals surface area contributed by atoms with Crippen LogP contribution in [0.1, 0.15) is 56.2 Å². The summed E-state index contributed by atoms with van der Waals surface area (Å²) in [5, 5.41) is 3.71. The van der Waals surface area contributed by atoms with Crippen molar-refractivity contribution in [2.45, 2.75) is 59.0 Å². The summed E-state index contributed by atoms with van der Waals surface area (Å²) < 4.78 is 5.59. The van der Waals surface area contributed by atoms with E-state index in [4.69, 9.17) is 4.42 Å². The zero-order valence-corrected chi connectivity index (χ0v) is 11.3. The third kappa shape index (κ3) is 3.01. The van der Waals surface area contributed by atoms with Crippen LogP contribution in [0.4, 0.5) is 0 Å². The van der Waals surface area contributed by atoms with Gasteiger partial charge in [0.25, 0.3) is 0 Å². The third-order valence-corrected chi connectivity index (χ3v) is 3.67. The molecule has 1 aliphatic rings. The van der Waals surface area contributed by atoms with E-state index >= 15 is 0 Å². The van der Waals surface area contributed by atoms with Gasteiger partial charge in [-0.25, -0.2) is 0 Å². The van der Waals surface area contributed by atoms with Crippen LogP contribution in [0, 0.1) is 13.8 Å². The first kappa shape index (κ1) is 12.4. The zero-order valence-electron chi connectivity index (χ0n) is 11.3. The molecular weight excluding hydrogens is 210 g/mol. The van der Waals surface area contributed by atoms with E-state index in [1.54, 1.807) is 0 Å². The van der Waals surface area contributed by atoms with E-state index in [2.05, 4.69) is 31.3 Å². The highest BCUT2D eigenvalue weighted by atomic mass is 16.3. The summed E-state index contributed by atoms with van der Waals surface area (Å²) in [5.74, 6) is 2.05. The maximum atomic E-state index is 5.59. The average Bonchev–Trinajstić information content (AvgIpc) is 2.61. The van der Waals surface area contributed by atoms with Gasteiger partial charge in [0, 0.05) is 17.6 Å². The molecular formula is C15H23NO. The normalized spacial score (nSPS) is 22.4. The first-order valence-corrected chi connectivity index (χ1v) is 6.55. The fraction of sp³-hybridized carbons (Fsp3) is 0.600. The van der Waals surface area contributed by atoms with Crippen molar-refractivity contribution in [1.82, 2.24) is 5.32 Å². The van der Waals surface area contributed by atoms with Gasteiger partial charge < -0.3 is 9.73 Å². The molecule has 1 aromatic heterocycles. The first-order chi connectivity index (χ1) is 8.06. The molecule has 2 nitrogen and oxygen atoms in total. The summed E-state index contributed by atoms with van der Waals surface area (Å²) in [6.07, 6.45) is 6.00. The summed E-state index contributed by atoms with van der Waals surface area (Å²) >= 11 is 0. The van der Waals surface area contributed by atoms with Crippen LogP contribution in [0.3, 0.4) is 0 Å². The van der Waals surface area contributed by atoms with E-state index in [9.17, 15) is 0 Å². The number of allylic oxidation sites excluding steroid dienone is 1. The maximum absolute atomic E-state index is 5.59. The van der Waals surface area contributed by atoms with Crippen LogP contribution in [0.5, 0.6) is 0 Å². The minimum atomic E-state index is 0.379. The lowest BCUT2D eigenvalue weighted by Gasteiger charge is -2.25. The van der Waals surface area contributed by atoms with E-state index < -0.39 is 0 Å². The molecule has 1 heterocycles. The minimum absolute atomic E-state index is 0.379. The molecule has 0 unspecified atom stereocenters. The molecule has 0 saturated carbocycles. The number of aryl methyl sites for hydroxylation is 2. The van der Waals surface area contributed by atoms with Crippen LogP contribution in [-0.4, -0.2) is 6.04 Å². The Hall–Kier alpha value is -1.02. The quantitative estimate of drug-likeness (QED) is 0.797. The topological polar surface area (TPSA) is 25.2 Å². The second kappa shape index (κ2) is 5.09. The number of furan rings is 1. The van der Waals surface area contributed by atoms with Crippen molar-refractivity contribution in [3.8, 4) is 0 Å². The fourth-order valence-corrected chi connectivity index (χ4v) is 2.64. The Morgan fingerprint density at radius 3 is 2.65 bits per heavy atom. The first-order valence-electron chi connectivity index (χ1n) is 6.55. The third-order valence-electron chi connectivity index (χ3n) is 3.67. The summed E-state index contributed by atoms with van der Waals surface area (Å²) in [4.78, 5) is 0. The Bertz CT molecular complexity index is 417. The zero-order chi connectivity index (χ0) is 12.4. The molecule has 17 heavy (non-hydrogen) atoms. The summed E-state index contributed by atoms with van der Waals surface area (Å²) in [5.41, 5.74) is 2.83. The largest absolute Gasteiger partial charge is 0.466 e. The molecule has 0 radical (unpaired) electrons. The molecule has 0 fully saturated rings. The average molecular weight is 233 g/mol. The van der Waals surface area contributed by atoms with Gasteiger partial charge in [0.15, 0.2) is 0 Å². The summed E-state index contributed by atoms with van der Waals surface area (Å²) in [6.45, 7) is 8.51. The van der Waals surface area contributed by atoms with E-state index in [0.29, 0.717) is 12.1 Å². The summed E-state index contributed by atoms with van der Waals surface area (Å²) in [6, 6.07) is 3.14. The Labute approximate surface area is 104 Å². The molecule has 1 N–H and O–H groups in total. The number of hydrogen-bond donors (Lipinski definition) is 1. The monoisotopic (exact) mass is 233 g/mol. The summed E-state index contributed by atoms with van der Waals surface area (Å²) in [7, 11) is 0. The van der Waals surface area contributed by atoms with Gasteiger partial charge in [0.1, 0.15) is 11.5 Å². The van der Waals surface area contributed by atoms with Crippen molar-refractivity contribution in [1.29, 1.82) is 0 Å². The SMILES string of the molecule is CC1=CC[C@H](N[C@H](C)c2cc(C)oc2C)CC1. The van der Waals surface area contributed by atoms with Gasteiger partial charge in [-0.15, -0.1) is 0 Å². The highest BCUT2D eigenvalue weighted by Gasteiger charge is 2.18. The van der Waals surface area contributed by atoms with Crippen LogP contribution < -0.4 is 5.32 Å². The lowest BCUT2D eigenvalue weighted by atomic mass is 9.95. The van der Waals surface area contributed by atoms with Crippen LogP contribution in [0.25, 0.3) is 0 Å². The highest BCUT2D eigenvalue weighted by Crippen LogP contribution is 2.24. The van der Waals surface area contributed by atoms with Gasteiger partial charge in [-0.05, 0) is 53.0 Å². The molecule has 1 aromatic rings. The highest BCUT2D eigenvalue weighted by molar-refractivity contribution is 5.23. The van der Waals surface area contributed by atoms with E-state index in [0.717, 1.165) is 17.9 Å². The van der Waals surface area contributed by atoms with E-state index in [1.807, 2.05) is 13.8 Å². The van der Waals surface area contributed by atoms with E-state index in [-0.39, 0.29) is 0 Å². The Morgan fingerprint density at radius 1 is 1.35 bits per heavy atom. The second-order valence-corrected chi connectivity index (χ2v) is 5.28. The van der Waals surface area contributed by atoms with Crippen molar-refractivity contribution in [2.75, 3.05) is 0 Å². The van der Waals surface area contributed by atoms with Crippen molar-refractivity contribution in [3.05, 3.63) is 34.8 Å². The smallest absolute Gasteiger partial charge is 0.105 e. The molecule has 0 aromatic carbocycles. The van der Waals surface area contributed by atoms with Crippen molar-refractivity contribution < 1.29 is 4.42 Å². The van der Waals surface area contributed by atoms with Gasteiger partial charge in [-0.1, -0.05) is 11.6 Å². The molecule has 0 bridgehead atoms. The molecule has 2 rings (SSSR count). The van der Waals surface area contributed by atoms with Gasteiger partial charge in [-0.3, -0.25) is 0 Å². The van der Waals surface area contributed by atoms with Gasteiger partial charge in [0.05, 0.1) is 0 Å². The minimum Gasteiger partial charge on any atom is -0.466 e. The molecule has 0 saturated heterocycles.